The fraction of sp³-hybridized carbons (Fsp3) is 0.913. The highest BCUT2D eigenvalue weighted by Gasteiger charge is 2.10. The van der Waals surface area contributed by atoms with E-state index in [1.54, 1.807) is 0 Å². The van der Waals surface area contributed by atoms with Gasteiger partial charge in [-0.3, -0.25) is 9.59 Å². The average Bonchev–Trinajstić information content (AvgIpc) is 2.70. The average molecular weight is 453 g/mol. The van der Waals surface area contributed by atoms with Crippen molar-refractivity contribution in [1.82, 2.24) is 0 Å². The summed E-state index contributed by atoms with van der Waals surface area (Å²) >= 11 is 10.9. The molecule has 0 N–H and O–H groups in total. The molecule has 0 saturated heterocycles. The molecule has 0 spiro atoms. The molecular weight excluding hydrogens is 411 g/mol. The Bertz CT molecular complexity index is 389. The zero-order valence-electron chi connectivity index (χ0n) is 18.4. The monoisotopic (exact) mass is 452 g/mol. The largest absolute Gasteiger partial charge is 0.466 e. The summed E-state index contributed by atoms with van der Waals surface area (Å²) in [5.74, 6) is -0.846. The zero-order valence-corrected chi connectivity index (χ0v) is 19.9. The number of hydrogen-bond donors (Lipinski definition) is 0. The van der Waals surface area contributed by atoms with E-state index >= 15 is 0 Å². The van der Waals surface area contributed by atoms with E-state index in [4.69, 9.17) is 32.7 Å². The van der Waals surface area contributed by atoms with Gasteiger partial charge in [0, 0.05) is 0 Å². The number of ether oxygens (including phenoxy) is 2. The summed E-state index contributed by atoms with van der Waals surface area (Å²) in [7, 11) is 0. The van der Waals surface area contributed by atoms with Crippen molar-refractivity contribution in [1.29, 1.82) is 0 Å². The SMILES string of the molecule is CCCCCCCCCCCCCCCCCOC(=O)CCC(=O)OCC(Cl)Cl. The minimum atomic E-state index is -0.740. The van der Waals surface area contributed by atoms with Gasteiger partial charge in [-0.1, -0.05) is 96.8 Å². The van der Waals surface area contributed by atoms with Crippen molar-refractivity contribution in [2.45, 2.75) is 121 Å². The van der Waals surface area contributed by atoms with E-state index in [9.17, 15) is 9.59 Å². The van der Waals surface area contributed by atoms with Crippen LogP contribution in [0.5, 0.6) is 0 Å². The van der Waals surface area contributed by atoms with Crippen molar-refractivity contribution in [3.8, 4) is 0 Å². The molecule has 0 aliphatic rings. The van der Waals surface area contributed by atoms with Gasteiger partial charge < -0.3 is 9.47 Å². The van der Waals surface area contributed by atoms with Crippen LogP contribution in [0.2, 0.25) is 0 Å². The molecule has 0 aromatic carbocycles. The fourth-order valence-corrected chi connectivity index (χ4v) is 3.29. The van der Waals surface area contributed by atoms with Crippen molar-refractivity contribution in [3.63, 3.8) is 0 Å². The van der Waals surface area contributed by atoms with Gasteiger partial charge in [0.15, 0.2) is 0 Å². The molecular formula is C23H42Cl2O4. The van der Waals surface area contributed by atoms with Crippen molar-refractivity contribution < 1.29 is 19.1 Å². The van der Waals surface area contributed by atoms with Crippen LogP contribution in [0.4, 0.5) is 0 Å². The topological polar surface area (TPSA) is 52.6 Å². The van der Waals surface area contributed by atoms with Gasteiger partial charge in [-0.15, -0.1) is 23.2 Å². The third-order valence-electron chi connectivity index (χ3n) is 4.91. The molecule has 0 aliphatic carbocycles. The van der Waals surface area contributed by atoms with Crippen LogP contribution in [0.3, 0.4) is 0 Å². The Hall–Kier alpha value is -0.480. The second-order valence-corrected chi connectivity index (χ2v) is 9.02. The van der Waals surface area contributed by atoms with Crippen LogP contribution in [0.1, 0.15) is 116 Å². The summed E-state index contributed by atoms with van der Waals surface area (Å²) in [6.07, 6.45) is 19.6. The van der Waals surface area contributed by atoms with Gasteiger partial charge in [0.1, 0.15) is 11.4 Å². The van der Waals surface area contributed by atoms with Crippen LogP contribution in [0.25, 0.3) is 0 Å². The molecule has 0 aliphatic heterocycles. The molecule has 0 aromatic rings. The van der Waals surface area contributed by atoms with Gasteiger partial charge in [0.2, 0.25) is 0 Å². The Morgan fingerprint density at radius 2 is 1.00 bits per heavy atom. The van der Waals surface area contributed by atoms with Gasteiger partial charge in [-0.05, 0) is 6.42 Å². The maximum Gasteiger partial charge on any atom is 0.306 e. The van der Waals surface area contributed by atoms with Crippen LogP contribution < -0.4 is 0 Å². The molecule has 0 rings (SSSR count). The van der Waals surface area contributed by atoms with E-state index in [-0.39, 0.29) is 25.4 Å². The molecule has 29 heavy (non-hydrogen) atoms. The molecule has 4 nitrogen and oxygen atoms in total. The second-order valence-electron chi connectivity index (χ2n) is 7.74. The van der Waals surface area contributed by atoms with Crippen LogP contribution in [0.15, 0.2) is 0 Å². The first-order valence-corrected chi connectivity index (χ1v) is 12.5. The lowest BCUT2D eigenvalue weighted by atomic mass is 10.0. The number of rotatable bonds is 21. The van der Waals surface area contributed by atoms with Crippen LogP contribution in [-0.4, -0.2) is 30.0 Å². The smallest absolute Gasteiger partial charge is 0.306 e. The minimum Gasteiger partial charge on any atom is -0.466 e. The van der Waals surface area contributed by atoms with Crippen molar-refractivity contribution >= 4 is 35.1 Å². The second kappa shape index (κ2) is 22.2. The molecule has 0 atom stereocenters. The Balaban J connectivity index is 3.23. The van der Waals surface area contributed by atoms with E-state index in [2.05, 4.69) is 6.92 Å². The van der Waals surface area contributed by atoms with E-state index in [0.29, 0.717) is 6.61 Å². The van der Waals surface area contributed by atoms with Crippen LogP contribution in [-0.2, 0) is 19.1 Å². The first-order chi connectivity index (χ1) is 14.1. The number of unbranched alkanes of at least 4 members (excludes halogenated alkanes) is 14. The highest BCUT2D eigenvalue weighted by molar-refractivity contribution is 6.44. The Morgan fingerprint density at radius 3 is 1.41 bits per heavy atom. The summed E-state index contributed by atoms with van der Waals surface area (Å²) in [5, 5.41) is 0. The molecule has 172 valence electrons. The molecule has 0 fully saturated rings. The standard InChI is InChI=1S/C23H42Cl2O4/c1-2-3-4-5-6-7-8-9-10-11-12-13-14-15-16-19-28-22(26)17-18-23(27)29-20-21(24)25/h21H,2-20H2,1H3. The van der Waals surface area contributed by atoms with E-state index in [1.165, 1.54) is 83.5 Å². The maximum atomic E-state index is 11.6. The van der Waals surface area contributed by atoms with Gasteiger partial charge in [-0.25, -0.2) is 0 Å². The number of alkyl halides is 2. The number of esters is 2. The lowest BCUT2D eigenvalue weighted by Gasteiger charge is -2.06. The zero-order chi connectivity index (χ0) is 21.6. The predicted octanol–water partition coefficient (Wildman–Crippen LogP) is 7.53. The highest BCUT2D eigenvalue weighted by Crippen LogP contribution is 2.13. The van der Waals surface area contributed by atoms with E-state index in [1.807, 2.05) is 0 Å². The molecule has 0 bridgehead atoms. The Kier molecular flexibility index (Phi) is 21.8. The molecule has 0 aromatic heterocycles. The number of carbonyl (C=O) groups excluding carboxylic acids is 2. The fourth-order valence-electron chi connectivity index (χ4n) is 3.16. The summed E-state index contributed by atoms with van der Waals surface area (Å²) in [5.41, 5.74) is 0. The Morgan fingerprint density at radius 1 is 0.621 bits per heavy atom. The molecule has 0 heterocycles. The van der Waals surface area contributed by atoms with Gasteiger partial charge in [0.05, 0.1) is 19.4 Å². The van der Waals surface area contributed by atoms with Gasteiger partial charge >= 0.3 is 11.9 Å². The molecule has 0 radical (unpaired) electrons. The van der Waals surface area contributed by atoms with Gasteiger partial charge in [0.25, 0.3) is 0 Å². The van der Waals surface area contributed by atoms with Crippen LogP contribution in [0, 0.1) is 0 Å². The first-order valence-electron chi connectivity index (χ1n) is 11.7. The van der Waals surface area contributed by atoms with E-state index < -0.39 is 10.8 Å². The predicted molar refractivity (Wildman–Crippen MR) is 122 cm³/mol. The van der Waals surface area contributed by atoms with Crippen LogP contribution >= 0.6 is 23.2 Å². The normalized spacial score (nSPS) is 11.0. The molecule has 6 heteroatoms. The van der Waals surface area contributed by atoms with Crippen molar-refractivity contribution in [3.05, 3.63) is 0 Å². The van der Waals surface area contributed by atoms with Crippen molar-refractivity contribution in [2.75, 3.05) is 13.2 Å². The minimum absolute atomic E-state index is 0.00180. The molecule has 0 saturated carbocycles. The summed E-state index contributed by atoms with van der Waals surface area (Å²) in [4.78, 5) is 22.1. The van der Waals surface area contributed by atoms with E-state index in [0.717, 1.165) is 12.8 Å². The van der Waals surface area contributed by atoms with Crippen molar-refractivity contribution in [2.24, 2.45) is 0 Å². The highest BCUT2D eigenvalue weighted by atomic mass is 35.5. The maximum absolute atomic E-state index is 11.6. The summed E-state index contributed by atoms with van der Waals surface area (Å²) in [6, 6.07) is 0. The quantitative estimate of drug-likeness (QED) is 0.102. The lowest BCUT2D eigenvalue weighted by molar-refractivity contribution is -0.150. The summed E-state index contributed by atoms with van der Waals surface area (Å²) in [6.45, 7) is 2.63. The molecule has 0 amide bonds. The first kappa shape index (κ1) is 28.5. The number of halogens is 2. The van der Waals surface area contributed by atoms with Gasteiger partial charge in [-0.2, -0.15) is 0 Å². The third-order valence-corrected chi connectivity index (χ3v) is 5.17. The lowest BCUT2D eigenvalue weighted by Crippen LogP contribution is -2.13. The summed E-state index contributed by atoms with van der Waals surface area (Å²) < 4.78 is 9.91. The number of hydrogen-bond acceptors (Lipinski definition) is 4. The molecule has 0 unspecified atom stereocenters. The number of carbonyl (C=O) groups is 2. The third kappa shape index (κ3) is 23.7. The Labute approximate surface area is 188 Å².